The van der Waals surface area contributed by atoms with Crippen LogP contribution in [0.25, 0.3) is 16.9 Å². The largest absolute Gasteiger partial charge is 0.319 e. The zero-order valence-corrected chi connectivity index (χ0v) is 18.5. The normalized spacial score (nSPS) is 13.9. The summed E-state index contributed by atoms with van der Waals surface area (Å²) in [7, 11) is 1.79. The van der Waals surface area contributed by atoms with E-state index < -0.39 is 6.17 Å². The van der Waals surface area contributed by atoms with E-state index in [1.165, 1.54) is 19.1 Å². The predicted molar refractivity (Wildman–Crippen MR) is 124 cm³/mol. The van der Waals surface area contributed by atoms with Crippen molar-refractivity contribution in [3.8, 4) is 16.9 Å². The number of carbonyl (C=O) groups is 1. The zero-order valence-electron chi connectivity index (χ0n) is 18.5. The minimum absolute atomic E-state index is 0.0381. The van der Waals surface area contributed by atoms with Crippen molar-refractivity contribution in [3.05, 3.63) is 78.6 Å². The molecule has 7 heteroatoms. The van der Waals surface area contributed by atoms with Gasteiger partial charge in [-0.1, -0.05) is 31.2 Å². The van der Waals surface area contributed by atoms with Crippen LogP contribution in [0.15, 0.2) is 67.3 Å². The first-order valence-corrected chi connectivity index (χ1v) is 10.5. The molecule has 3 atom stereocenters. The number of aromatic nitrogens is 2. The van der Waals surface area contributed by atoms with E-state index in [-0.39, 0.29) is 23.6 Å². The second-order valence-electron chi connectivity index (χ2n) is 7.79. The average molecular weight is 439 g/mol. The molecule has 3 rings (SSSR count). The lowest BCUT2D eigenvalue weighted by Gasteiger charge is -2.19. The van der Waals surface area contributed by atoms with E-state index in [0.717, 1.165) is 5.56 Å². The van der Waals surface area contributed by atoms with Crippen LogP contribution >= 0.6 is 0 Å². The fourth-order valence-corrected chi connectivity index (χ4v) is 3.49. The van der Waals surface area contributed by atoms with Crippen LogP contribution < -0.4 is 10.6 Å². The highest BCUT2D eigenvalue weighted by atomic mass is 19.1. The van der Waals surface area contributed by atoms with Crippen molar-refractivity contribution in [1.82, 2.24) is 15.1 Å². The molecule has 0 bridgehead atoms. The Kier molecular flexibility index (Phi) is 7.53. The van der Waals surface area contributed by atoms with Gasteiger partial charge in [0, 0.05) is 18.2 Å². The second kappa shape index (κ2) is 10.3. The molecule has 1 aromatic heterocycles. The summed E-state index contributed by atoms with van der Waals surface area (Å²) in [6, 6.07) is 14.7. The molecule has 1 amide bonds. The molecule has 2 unspecified atom stereocenters. The van der Waals surface area contributed by atoms with Crippen LogP contribution in [0.2, 0.25) is 0 Å². The van der Waals surface area contributed by atoms with Crippen LogP contribution in [0.1, 0.15) is 25.6 Å². The van der Waals surface area contributed by atoms with Gasteiger partial charge in [-0.05, 0) is 55.8 Å². The van der Waals surface area contributed by atoms with Crippen LogP contribution in [0.3, 0.4) is 0 Å². The molecule has 1 heterocycles. The van der Waals surface area contributed by atoms with Gasteiger partial charge in [-0.15, -0.1) is 11.7 Å². The third-order valence-corrected chi connectivity index (χ3v) is 5.44. The number of anilines is 1. The number of nitrogens with zero attached hydrogens (tertiary/aromatic N) is 2. The minimum atomic E-state index is -1.13. The van der Waals surface area contributed by atoms with Crippen molar-refractivity contribution in [2.45, 2.75) is 20.0 Å². The summed E-state index contributed by atoms with van der Waals surface area (Å²) in [4.78, 5) is 12.9. The minimum Gasteiger partial charge on any atom is -0.319 e. The first-order chi connectivity index (χ1) is 15.3. The number of hydrogen-bond donors (Lipinski definition) is 2. The first kappa shape index (κ1) is 23.3. The quantitative estimate of drug-likeness (QED) is 0.446. The van der Waals surface area contributed by atoms with Gasteiger partial charge >= 0.3 is 0 Å². The fraction of sp³-hybridized carbons (Fsp3) is 0.280. The van der Waals surface area contributed by atoms with Crippen molar-refractivity contribution in [1.29, 1.82) is 0 Å². The Labute approximate surface area is 187 Å². The summed E-state index contributed by atoms with van der Waals surface area (Å²) < 4.78 is 29.0. The Bertz CT molecular complexity index is 1080. The summed E-state index contributed by atoms with van der Waals surface area (Å²) in [5, 5.41) is 10.5. The number of carbonyl (C=O) groups excluding carboxylic acids is 1. The lowest BCUT2D eigenvalue weighted by Crippen LogP contribution is -2.34. The van der Waals surface area contributed by atoms with Gasteiger partial charge in [0.1, 0.15) is 12.0 Å². The van der Waals surface area contributed by atoms with Gasteiger partial charge < -0.3 is 10.6 Å². The number of allylic oxidation sites excluding steroid dienone is 1. The lowest BCUT2D eigenvalue weighted by atomic mass is 9.93. The topological polar surface area (TPSA) is 59.0 Å². The standard InChI is InChI=1S/C25H28F2N4O/c1-5-16(2)22(15-28-4)25(32)29-24-14-23(19-8-6-7-18(13-19)17(3)26)31(30-24)21-11-9-20(27)10-12-21/h5-14,16-17,22,28H,1,15H2,2-4H3,(H,29,30,32)/t16?,17?,22-/m0/s1. The van der Waals surface area contributed by atoms with E-state index in [1.54, 1.807) is 54.2 Å². The maximum Gasteiger partial charge on any atom is 0.230 e. The molecule has 0 saturated carbocycles. The molecular formula is C25H28F2N4O. The van der Waals surface area contributed by atoms with Crippen molar-refractivity contribution in [2.75, 3.05) is 18.9 Å². The Morgan fingerprint density at radius 1 is 1.19 bits per heavy atom. The van der Waals surface area contributed by atoms with Crippen molar-refractivity contribution < 1.29 is 13.6 Å². The van der Waals surface area contributed by atoms with Crippen LogP contribution in [-0.2, 0) is 4.79 Å². The smallest absolute Gasteiger partial charge is 0.230 e. The molecule has 0 radical (unpaired) electrons. The monoisotopic (exact) mass is 438 g/mol. The van der Waals surface area contributed by atoms with Crippen LogP contribution in [0, 0.1) is 17.7 Å². The van der Waals surface area contributed by atoms with Gasteiger partial charge in [-0.2, -0.15) is 0 Å². The van der Waals surface area contributed by atoms with Crippen LogP contribution in [0.5, 0.6) is 0 Å². The molecule has 0 aliphatic heterocycles. The van der Waals surface area contributed by atoms with Crippen molar-refractivity contribution in [2.24, 2.45) is 11.8 Å². The van der Waals surface area contributed by atoms with Crippen molar-refractivity contribution in [3.63, 3.8) is 0 Å². The molecule has 2 aromatic carbocycles. The molecule has 0 aliphatic carbocycles. The summed E-state index contributed by atoms with van der Waals surface area (Å²) in [6.07, 6.45) is 0.618. The highest BCUT2D eigenvalue weighted by molar-refractivity contribution is 5.92. The van der Waals surface area contributed by atoms with Crippen LogP contribution in [0.4, 0.5) is 14.6 Å². The summed E-state index contributed by atoms with van der Waals surface area (Å²) >= 11 is 0. The molecule has 2 N–H and O–H groups in total. The summed E-state index contributed by atoms with van der Waals surface area (Å²) in [6.45, 7) is 7.69. The van der Waals surface area contributed by atoms with Gasteiger partial charge in [0.25, 0.3) is 0 Å². The fourth-order valence-electron chi connectivity index (χ4n) is 3.49. The molecular weight excluding hydrogens is 410 g/mol. The van der Waals surface area contributed by atoms with Crippen LogP contribution in [-0.4, -0.2) is 29.3 Å². The molecule has 0 saturated heterocycles. The van der Waals surface area contributed by atoms with Gasteiger partial charge in [0.05, 0.1) is 17.3 Å². The number of benzene rings is 2. The number of rotatable bonds is 9. The van der Waals surface area contributed by atoms with E-state index >= 15 is 0 Å². The van der Waals surface area contributed by atoms with E-state index in [4.69, 9.17) is 0 Å². The Balaban J connectivity index is 2.03. The Morgan fingerprint density at radius 3 is 2.53 bits per heavy atom. The highest BCUT2D eigenvalue weighted by Crippen LogP contribution is 2.29. The molecule has 5 nitrogen and oxygen atoms in total. The van der Waals surface area contributed by atoms with E-state index in [9.17, 15) is 13.6 Å². The maximum absolute atomic E-state index is 13.9. The number of nitrogens with one attached hydrogen (secondary N) is 2. The van der Waals surface area contributed by atoms with Gasteiger partial charge in [-0.25, -0.2) is 13.5 Å². The second-order valence-corrected chi connectivity index (χ2v) is 7.79. The van der Waals surface area contributed by atoms with Gasteiger partial charge in [-0.3, -0.25) is 4.79 Å². The molecule has 0 fully saturated rings. The number of alkyl halides is 1. The SMILES string of the molecule is C=CC(C)[C@H](CNC)C(=O)Nc1cc(-c2cccc(C(C)F)c2)n(-c2ccc(F)cc2)n1. The summed E-state index contributed by atoms with van der Waals surface area (Å²) in [5.41, 5.74) is 2.53. The van der Waals surface area contributed by atoms with Crippen molar-refractivity contribution >= 4 is 11.7 Å². The third-order valence-electron chi connectivity index (χ3n) is 5.44. The maximum atomic E-state index is 13.9. The third kappa shape index (κ3) is 5.29. The van der Waals surface area contributed by atoms with E-state index in [2.05, 4.69) is 22.3 Å². The number of hydrogen-bond acceptors (Lipinski definition) is 3. The summed E-state index contributed by atoms with van der Waals surface area (Å²) in [5.74, 6) is -0.562. The Hall–Kier alpha value is -3.32. The zero-order chi connectivity index (χ0) is 23.3. The van der Waals surface area contributed by atoms with Gasteiger partial charge in [0.2, 0.25) is 5.91 Å². The Morgan fingerprint density at radius 2 is 1.91 bits per heavy atom. The molecule has 0 aliphatic rings. The first-order valence-electron chi connectivity index (χ1n) is 10.5. The number of amides is 1. The highest BCUT2D eigenvalue weighted by Gasteiger charge is 2.24. The molecule has 168 valence electrons. The van der Waals surface area contributed by atoms with E-state index in [1.807, 2.05) is 13.0 Å². The average Bonchev–Trinajstić information content (AvgIpc) is 3.21. The number of halogens is 2. The molecule has 3 aromatic rings. The van der Waals surface area contributed by atoms with E-state index in [0.29, 0.717) is 29.3 Å². The lowest BCUT2D eigenvalue weighted by molar-refractivity contribution is -0.120. The molecule has 32 heavy (non-hydrogen) atoms. The molecule has 0 spiro atoms. The predicted octanol–water partition coefficient (Wildman–Crippen LogP) is 5.31. The van der Waals surface area contributed by atoms with Gasteiger partial charge in [0.15, 0.2) is 5.82 Å².